The van der Waals surface area contributed by atoms with Gasteiger partial charge in [0.15, 0.2) is 5.82 Å². The second-order valence-corrected chi connectivity index (χ2v) is 8.21. The Labute approximate surface area is 155 Å². The van der Waals surface area contributed by atoms with E-state index in [1.165, 1.54) is 0 Å². The predicted molar refractivity (Wildman–Crippen MR) is 102 cm³/mol. The Morgan fingerprint density at radius 3 is 2.62 bits per heavy atom. The monoisotopic (exact) mass is 355 g/mol. The summed E-state index contributed by atoms with van der Waals surface area (Å²) in [5.41, 5.74) is 1.31. The van der Waals surface area contributed by atoms with Crippen molar-refractivity contribution in [3.05, 3.63) is 47.5 Å². The summed E-state index contributed by atoms with van der Waals surface area (Å²) in [5.74, 6) is 1.88. The van der Waals surface area contributed by atoms with Crippen LogP contribution in [0.5, 0.6) is 0 Å². The molecule has 3 rings (SSSR count). The van der Waals surface area contributed by atoms with Crippen molar-refractivity contribution in [1.29, 1.82) is 0 Å². The van der Waals surface area contributed by atoms with Crippen LogP contribution >= 0.6 is 0 Å². The Hall–Kier alpha value is -2.21. The number of carbonyl (C=O) groups excluding carboxylic acids is 1. The fourth-order valence-electron chi connectivity index (χ4n) is 3.41. The topological polar surface area (TPSA) is 63.1 Å². The van der Waals surface area contributed by atoms with Gasteiger partial charge in [0.2, 0.25) is 5.91 Å². The lowest BCUT2D eigenvalue weighted by Gasteiger charge is -2.28. The standard InChI is InChI=1S/C20H29N5O/c1-20(2,3)15-24-10-9-17-22-23-18(25(17)12-11-24)14-21-19(26)13-16-7-5-4-6-8-16/h4-8H,9-15H2,1-3H3,(H,21,26). The van der Waals surface area contributed by atoms with Crippen LogP contribution < -0.4 is 5.32 Å². The minimum Gasteiger partial charge on any atom is -0.349 e. The highest BCUT2D eigenvalue weighted by atomic mass is 16.1. The lowest BCUT2D eigenvalue weighted by molar-refractivity contribution is -0.120. The van der Waals surface area contributed by atoms with Crippen molar-refractivity contribution >= 4 is 5.91 Å². The number of hydrogen-bond acceptors (Lipinski definition) is 4. The van der Waals surface area contributed by atoms with Crippen molar-refractivity contribution in [2.75, 3.05) is 19.6 Å². The van der Waals surface area contributed by atoms with Crippen molar-refractivity contribution < 1.29 is 4.79 Å². The molecule has 26 heavy (non-hydrogen) atoms. The summed E-state index contributed by atoms with van der Waals surface area (Å²) in [6.45, 7) is 11.2. The van der Waals surface area contributed by atoms with Crippen molar-refractivity contribution in [2.24, 2.45) is 5.41 Å². The number of carbonyl (C=O) groups is 1. The molecule has 1 aromatic heterocycles. The molecule has 1 amide bonds. The zero-order chi connectivity index (χ0) is 18.6. The van der Waals surface area contributed by atoms with Gasteiger partial charge in [0.25, 0.3) is 0 Å². The van der Waals surface area contributed by atoms with E-state index >= 15 is 0 Å². The zero-order valence-electron chi connectivity index (χ0n) is 16.0. The molecule has 0 saturated heterocycles. The van der Waals surface area contributed by atoms with Crippen LogP contribution in [0.2, 0.25) is 0 Å². The molecule has 0 aliphatic carbocycles. The van der Waals surface area contributed by atoms with E-state index in [0.29, 0.717) is 18.4 Å². The van der Waals surface area contributed by atoms with Gasteiger partial charge in [-0.2, -0.15) is 0 Å². The summed E-state index contributed by atoms with van der Waals surface area (Å²) in [4.78, 5) is 14.7. The highest BCUT2D eigenvalue weighted by Crippen LogP contribution is 2.17. The second kappa shape index (κ2) is 7.99. The Kier molecular flexibility index (Phi) is 5.71. The summed E-state index contributed by atoms with van der Waals surface area (Å²) >= 11 is 0. The summed E-state index contributed by atoms with van der Waals surface area (Å²) in [7, 11) is 0. The maximum atomic E-state index is 12.2. The van der Waals surface area contributed by atoms with Gasteiger partial charge in [0, 0.05) is 32.6 Å². The first-order valence-electron chi connectivity index (χ1n) is 9.35. The SMILES string of the molecule is CC(C)(C)CN1CCc2nnc(CNC(=O)Cc3ccccc3)n2CC1. The second-order valence-electron chi connectivity index (χ2n) is 8.21. The Bertz CT molecular complexity index is 732. The molecule has 0 fully saturated rings. The molecule has 140 valence electrons. The molecule has 6 nitrogen and oxygen atoms in total. The highest BCUT2D eigenvalue weighted by molar-refractivity contribution is 5.78. The molecule has 1 aromatic carbocycles. The van der Waals surface area contributed by atoms with Crippen LogP contribution in [0.15, 0.2) is 30.3 Å². The lowest BCUT2D eigenvalue weighted by atomic mass is 9.96. The van der Waals surface area contributed by atoms with E-state index in [1.807, 2.05) is 30.3 Å². The average molecular weight is 355 g/mol. The van der Waals surface area contributed by atoms with Crippen LogP contribution in [-0.2, 0) is 30.7 Å². The van der Waals surface area contributed by atoms with Gasteiger partial charge >= 0.3 is 0 Å². The molecule has 0 saturated carbocycles. The Morgan fingerprint density at radius 1 is 1.12 bits per heavy atom. The Morgan fingerprint density at radius 2 is 1.88 bits per heavy atom. The first kappa shape index (κ1) is 18.6. The number of nitrogens with one attached hydrogen (secondary N) is 1. The number of benzene rings is 1. The quantitative estimate of drug-likeness (QED) is 0.892. The van der Waals surface area contributed by atoms with Crippen LogP contribution in [-0.4, -0.2) is 45.2 Å². The summed E-state index contributed by atoms with van der Waals surface area (Å²) in [5, 5.41) is 11.6. The maximum absolute atomic E-state index is 12.2. The van der Waals surface area contributed by atoms with Gasteiger partial charge in [-0.05, 0) is 11.0 Å². The number of aromatic nitrogens is 3. The van der Waals surface area contributed by atoms with Crippen molar-refractivity contribution in [2.45, 2.75) is 46.7 Å². The van der Waals surface area contributed by atoms with Gasteiger partial charge < -0.3 is 14.8 Å². The first-order chi connectivity index (χ1) is 12.4. The minimum absolute atomic E-state index is 0.0107. The van der Waals surface area contributed by atoms with Gasteiger partial charge in [0.05, 0.1) is 13.0 Å². The smallest absolute Gasteiger partial charge is 0.224 e. The molecule has 0 unspecified atom stereocenters. The van der Waals surface area contributed by atoms with Crippen LogP contribution in [0.3, 0.4) is 0 Å². The molecule has 0 atom stereocenters. The van der Waals surface area contributed by atoms with Gasteiger partial charge in [-0.1, -0.05) is 51.1 Å². The molecule has 2 aromatic rings. The van der Waals surface area contributed by atoms with Crippen LogP contribution in [0, 0.1) is 5.41 Å². The van der Waals surface area contributed by atoms with E-state index in [1.54, 1.807) is 0 Å². The third-order valence-electron chi connectivity index (χ3n) is 4.54. The van der Waals surface area contributed by atoms with Crippen LogP contribution in [0.4, 0.5) is 0 Å². The Balaban J connectivity index is 1.55. The van der Waals surface area contributed by atoms with Crippen molar-refractivity contribution in [3.8, 4) is 0 Å². The molecule has 6 heteroatoms. The van der Waals surface area contributed by atoms with E-state index < -0.39 is 0 Å². The fourth-order valence-corrected chi connectivity index (χ4v) is 3.41. The van der Waals surface area contributed by atoms with Gasteiger partial charge in [-0.15, -0.1) is 10.2 Å². The normalized spacial score (nSPS) is 15.3. The van der Waals surface area contributed by atoms with E-state index in [4.69, 9.17) is 0 Å². The first-order valence-corrected chi connectivity index (χ1v) is 9.35. The molecule has 0 radical (unpaired) electrons. The summed E-state index contributed by atoms with van der Waals surface area (Å²) < 4.78 is 2.17. The summed E-state index contributed by atoms with van der Waals surface area (Å²) in [6, 6.07) is 9.78. The zero-order valence-corrected chi connectivity index (χ0v) is 16.0. The predicted octanol–water partition coefficient (Wildman–Crippen LogP) is 2.04. The van der Waals surface area contributed by atoms with Gasteiger partial charge in [-0.25, -0.2) is 0 Å². The molecule has 0 bridgehead atoms. The molecule has 2 heterocycles. The number of rotatable bonds is 5. The number of hydrogen-bond donors (Lipinski definition) is 1. The molecule has 1 aliphatic rings. The van der Waals surface area contributed by atoms with E-state index in [-0.39, 0.29) is 5.91 Å². The highest BCUT2D eigenvalue weighted by Gasteiger charge is 2.22. The number of nitrogens with zero attached hydrogens (tertiary/aromatic N) is 4. The van der Waals surface area contributed by atoms with E-state index in [2.05, 4.69) is 45.8 Å². The third-order valence-corrected chi connectivity index (χ3v) is 4.54. The van der Waals surface area contributed by atoms with E-state index in [0.717, 1.165) is 49.8 Å². The molecular formula is C20H29N5O. The largest absolute Gasteiger partial charge is 0.349 e. The van der Waals surface area contributed by atoms with Crippen molar-refractivity contribution in [1.82, 2.24) is 25.0 Å². The van der Waals surface area contributed by atoms with Crippen molar-refractivity contribution in [3.63, 3.8) is 0 Å². The van der Waals surface area contributed by atoms with E-state index in [9.17, 15) is 4.79 Å². The molecule has 0 spiro atoms. The average Bonchev–Trinajstić information content (AvgIpc) is 2.87. The fraction of sp³-hybridized carbons (Fsp3) is 0.550. The lowest BCUT2D eigenvalue weighted by Crippen LogP contribution is -2.35. The van der Waals surface area contributed by atoms with Gasteiger partial charge in [-0.3, -0.25) is 4.79 Å². The third kappa shape index (κ3) is 5.14. The molecular weight excluding hydrogens is 326 g/mol. The number of amides is 1. The molecule has 1 aliphatic heterocycles. The van der Waals surface area contributed by atoms with Gasteiger partial charge in [0.1, 0.15) is 5.82 Å². The number of fused-ring (bicyclic) bond motifs is 1. The minimum atomic E-state index is 0.0107. The maximum Gasteiger partial charge on any atom is 0.224 e. The van der Waals surface area contributed by atoms with Crippen LogP contribution in [0.25, 0.3) is 0 Å². The summed E-state index contributed by atoms with van der Waals surface area (Å²) in [6.07, 6.45) is 1.29. The molecule has 1 N–H and O–H groups in total. The van der Waals surface area contributed by atoms with Crippen LogP contribution in [0.1, 0.15) is 38.0 Å².